The van der Waals surface area contributed by atoms with Crippen molar-refractivity contribution < 1.29 is 19.1 Å². The first kappa shape index (κ1) is 19.8. The van der Waals surface area contributed by atoms with Gasteiger partial charge in [0, 0.05) is 24.2 Å². The van der Waals surface area contributed by atoms with E-state index in [1.807, 2.05) is 19.1 Å². The van der Waals surface area contributed by atoms with E-state index in [0.717, 1.165) is 5.56 Å². The topological polar surface area (TPSA) is 63.7 Å². The Morgan fingerprint density at radius 1 is 0.964 bits per heavy atom. The number of ketones is 1. The number of carbonyl (C=O) groups excluding carboxylic acids is 3. The van der Waals surface area contributed by atoms with E-state index in [1.54, 1.807) is 48.2 Å². The van der Waals surface area contributed by atoms with Gasteiger partial charge in [0.25, 0.3) is 5.91 Å². The highest BCUT2D eigenvalue weighted by Gasteiger charge is 2.30. The molecule has 1 heterocycles. The molecule has 1 saturated heterocycles. The third-order valence-electron chi connectivity index (χ3n) is 5.12. The van der Waals surface area contributed by atoms with Crippen LogP contribution in [0.15, 0.2) is 48.5 Å². The molecule has 5 nitrogen and oxygen atoms in total. The fraction of sp³-hybridized carbons (Fsp3) is 0.348. The summed E-state index contributed by atoms with van der Waals surface area (Å²) in [7, 11) is 0. The SMILES string of the molecule is CCOC(=O)C1CCN(C(=O)c2ccccc2C(=O)c2ccc(C)cc2)CC1. The monoisotopic (exact) mass is 379 g/mol. The molecule has 0 aliphatic carbocycles. The quantitative estimate of drug-likeness (QED) is 0.588. The fourth-order valence-electron chi connectivity index (χ4n) is 3.48. The van der Waals surface area contributed by atoms with Crippen molar-refractivity contribution in [3.63, 3.8) is 0 Å². The highest BCUT2D eigenvalue weighted by Crippen LogP contribution is 2.23. The molecule has 0 aromatic heterocycles. The first-order valence-corrected chi connectivity index (χ1v) is 9.67. The maximum Gasteiger partial charge on any atom is 0.309 e. The Morgan fingerprint density at radius 2 is 1.57 bits per heavy atom. The van der Waals surface area contributed by atoms with Gasteiger partial charge in [-0.25, -0.2) is 0 Å². The average Bonchev–Trinajstić information content (AvgIpc) is 2.73. The summed E-state index contributed by atoms with van der Waals surface area (Å²) in [6.45, 7) is 5.08. The highest BCUT2D eigenvalue weighted by atomic mass is 16.5. The van der Waals surface area contributed by atoms with Crippen molar-refractivity contribution in [1.29, 1.82) is 0 Å². The van der Waals surface area contributed by atoms with E-state index in [2.05, 4.69) is 0 Å². The molecular formula is C23H25NO4. The molecule has 2 aromatic carbocycles. The van der Waals surface area contributed by atoms with Gasteiger partial charge in [-0.2, -0.15) is 0 Å². The summed E-state index contributed by atoms with van der Waals surface area (Å²) in [6.07, 6.45) is 1.16. The summed E-state index contributed by atoms with van der Waals surface area (Å²) in [4.78, 5) is 39.6. The molecule has 0 spiro atoms. The second kappa shape index (κ2) is 8.83. The summed E-state index contributed by atoms with van der Waals surface area (Å²) in [6, 6.07) is 14.3. The number of aryl methyl sites for hydroxylation is 1. The van der Waals surface area contributed by atoms with Crippen molar-refractivity contribution in [1.82, 2.24) is 4.90 Å². The minimum Gasteiger partial charge on any atom is -0.466 e. The number of hydrogen-bond donors (Lipinski definition) is 0. The van der Waals surface area contributed by atoms with Crippen LogP contribution < -0.4 is 0 Å². The van der Waals surface area contributed by atoms with E-state index in [4.69, 9.17) is 4.74 Å². The van der Waals surface area contributed by atoms with Gasteiger partial charge in [0.15, 0.2) is 5.78 Å². The summed E-state index contributed by atoms with van der Waals surface area (Å²) >= 11 is 0. The van der Waals surface area contributed by atoms with Gasteiger partial charge in [-0.05, 0) is 32.8 Å². The number of ether oxygens (including phenoxy) is 1. The molecule has 1 aliphatic rings. The molecule has 1 aliphatic heterocycles. The van der Waals surface area contributed by atoms with Gasteiger partial charge in [-0.15, -0.1) is 0 Å². The normalized spacial score (nSPS) is 14.6. The molecule has 146 valence electrons. The Morgan fingerprint density at radius 3 is 2.18 bits per heavy atom. The predicted molar refractivity (Wildman–Crippen MR) is 106 cm³/mol. The minimum absolute atomic E-state index is 0.159. The number of amides is 1. The molecular weight excluding hydrogens is 354 g/mol. The molecule has 0 N–H and O–H groups in total. The zero-order valence-electron chi connectivity index (χ0n) is 16.3. The van der Waals surface area contributed by atoms with Crippen LogP contribution in [0.3, 0.4) is 0 Å². The fourth-order valence-corrected chi connectivity index (χ4v) is 3.48. The van der Waals surface area contributed by atoms with Crippen LogP contribution in [0.25, 0.3) is 0 Å². The van der Waals surface area contributed by atoms with Gasteiger partial charge in [0.2, 0.25) is 0 Å². The molecule has 1 fully saturated rings. The lowest BCUT2D eigenvalue weighted by Crippen LogP contribution is -2.41. The minimum atomic E-state index is -0.190. The van der Waals surface area contributed by atoms with Crippen molar-refractivity contribution in [3.05, 3.63) is 70.8 Å². The van der Waals surface area contributed by atoms with E-state index in [0.29, 0.717) is 49.2 Å². The van der Waals surface area contributed by atoms with Crippen LogP contribution in [-0.4, -0.2) is 42.3 Å². The zero-order chi connectivity index (χ0) is 20.1. The first-order chi connectivity index (χ1) is 13.5. The number of carbonyl (C=O) groups is 3. The number of rotatable bonds is 5. The number of hydrogen-bond acceptors (Lipinski definition) is 4. The maximum atomic E-state index is 13.1. The van der Waals surface area contributed by atoms with Crippen LogP contribution in [0.1, 0.15) is 51.6 Å². The van der Waals surface area contributed by atoms with Gasteiger partial charge in [-0.3, -0.25) is 14.4 Å². The van der Waals surface area contributed by atoms with Crippen molar-refractivity contribution in [2.24, 2.45) is 5.92 Å². The van der Waals surface area contributed by atoms with Crippen molar-refractivity contribution in [2.75, 3.05) is 19.7 Å². The van der Waals surface area contributed by atoms with Crippen molar-refractivity contribution >= 4 is 17.7 Å². The molecule has 5 heteroatoms. The zero-order valence-corrected chi connectivity index (χ0v) is 16.3. The number of likely N-dealkylation sites (tertiary alicyclic amines) is 1. The van der Waals surface area contributed by atoms with Crippen LogP contribution in [-0.2, 0) is 9.53 Å². The van der Waals surface area contributed by atoms with Gasteiger partial charge in [-0.1, -0.05) is 48.0 Å². The Bertz CT molecular complexity index is 864. The molecule has 1 amide bonds. The largest absolute Gasteiger partial charge is 0.466 e. The predicted octanol–water partition coefficient (Wildman–Crippen LogP) is 3.64. The second-order valence-electron chi connectivity index (χ2n) is 7.06. The Kier molecular flexibility index (Phi) is 6.24. The van der Waals surface area contributed by atoms with Crippen LogP contribution in [0.4, 0.5) is 0 Å². The number of esters is 1. The third-order valence-corrected chi connectivity index (χ3v) is 5.12. The maximum absolute atomic E-state index is 13.1. The van der Waals surface area contributed by atoms with Gasteiger partial charge in [0.05, 0.1) is 18.1 Å². The molecule has 0 radical (unpaired) electrons. The van der Waals surface area contributed by atoms with Crippen LogP contribution in [0, 0.1) is 12.8 Å². The summed E-state index contributed by atoms with van der Waals surface area (Å²) < 4.78 is 5.08. The first-order valence-electron chi connectivity index (χ1n) is 9.67. The standard InChI is InChI=1S/C23H25NO4/c1-3-28-23(27)18-12-14-24(15-13-18)22(26)20-7-5-4-6-19(20)21(25)17-10-8-16(2)9-11-17/h4-11,18H,3,12-15H2,1-2H3. The second-order valence-corrected chi connectivity index (χ2v) is 7.06. The summed E-state index contributed by atoms with van der Waals surface area (Å²) in [5.41, 5.74) is 2.45. The molecule has 28 heavy (non-hydrogen) atoms. The van der Waals surface area contributed by atoms with Crippen LogP contribution in [0.5, 0.6) is 0 Å². The van der Waals surface area contributed by atoms with Gasteiger partial charge >= 0.3 is 5.97 Å². The summed E-state index contributed by atoms with van der Waals surface area (Å²) in [5.74, 6) is -0.679. The molecule has 0 bridgehead atoms. The van der Waals surface area contributed by atoms with Gasteiger partial charge < -0.3 is 9.64 Å². The Hall–Kier alpha value is -2.95. The van der Waals surface area contributed by atoms with E-state index >= 15 is 0 Å². The Labute approximate surface area is 165 Å². The summed E-state index contributed by atoms with van der Waals surface area (Å²) in [5, 5.41) is 0. The van der Waals surface area contributed by atoms with Crippen molar-refractivity contribution in [3.8, 4) is 0 Å². The van der Waals surface area contributed by atoms with Gasteiger partial charge in [0.1, 0.15) is 0 Å². The van der Waals surface area contributed by atoms with E-state index < -0.39 is 0 Å². The highest BCUT2D eigenvalue weighted by molar-refractivity contribution is 6.15. The lowest BCUT2D eigenvalue weighted by molar-refractivity contribution is -0.149. The average molecular weight is 379 g/mol. The number of nitrogens with zero attached hydrogens (tertiary/aromatic N) is 1. The molecule has 2 aromatic rings. The Balaban J connectivity index is 1.76. The van der Waals surface area contributed by atoms with E-state index in [9.17, 15) is 14.4 Å². The van der Waals surface area contributed by atoms with E-state index in [1.165, 1.54) is 0 Å². The van der Waals surface area contributed by atoms with Crippen LogP contribution in [0.2, 0.25) is 0 Å². The molecule has 0 unspecified atom stereocenters. The number of piperidine rings is 1. The van der Waals surface area contributed by atoms with Crippen molar-refractivity contribution in [2.45, 2.75) is 26.7 Å². The third kappa shape index (κ3) is 4.30. The lowest BCUT2D eigenvalue weighted by atomic mass is 9.94. The molecule has 0 atom stereocenters. The number of benzene rings is 2. The van der Waals surface area contributed by atoms with Crippen LogP contribution >= 0.6 is 0 Å². The van der Waals surface area contributed by atoms with E-state index in [-0.39, 0.29) is 23.6 Å². The lowest BCUT2D eigenvalue weighted by Gasteiger charge is -2.31. The molecule has 3 rings (SSSR count). The molecule has 0 saturated carbocycles. The smallest absolute Gasteiger partial charge is 0.309 e.